The fourth-order valence-corrected chi connectivity index (χ4v) is 5.50. The molecule has 0 aliphatic carbocycles. The first-order valence-corrected chi connectivity index (χ1v) is 11.2. The molecule has 25 heavy (non-hydrogen) atoms. The number of hydrogen-bond donors (Lipinski definition) is 1. The number of nitrogens with zero attached hydrogens (tertiary/aromatic N) is 2. The molecular weight excluding hydrogens is 406 g/mol. The van der Waals surface area contributed by atoms with Crippen molar-refractivity contribution in [2.24, 2.45) is 0 Å². The SMILES string of the molecule is O=C(CN1CCN(Cc2cccc(Br)c2)CC1)N[C@@H]1CCS(=O)(=O)C1. The van der Waals surface area contributed by atoms with Crippen molar-refractivity contribution in [1.82, 2.24) is 15.1 Å². The third-order valence-electron chi connectivity index (χ3n) is 4.72. The van der Waals surface area contributed by atoms with Gasteiger partial charge >= 0.3 is 0 Å². The van der Waals surface area contributed by atoms with E-state index in [2.05, 4.69) is 43.2 Å². The van der Waals surface area contributed by atoms with Crippen LogP contribution in [0.2, 0.25) is 0 Å². The van der Waals surface area contributed by atoms with Gasteiger partial charge in [-0.2, -0.15) is 0 Å². The van der Waals surface area contributed by atoms with Gasteiger partial charge in [0.05, 0.1) is 18.1 Å². The molecule has 2 aliphatic heterocycles. The molecule has 2 heterocycles. The molecule has 0 unspecified atom stereocenters. The highest BCUT2D eigenvalue weighted by molar-refractivity contribution is 9.10. The van der Waals surface area contributed by atoms with Crippen molar-refractivity contribution in [3.63, 3.8) is 0 Å². The van der Waals surface area contributed by atoms with Crippen LogP contribution in [0.15, 0.2) is 28.7 Å². The molecule has 1 atom stereocenters. The second-order valence-electron chi connectivity index (χ2n) is 6.85. The van der Waals surface area contributed by atoms with Crippen molar-refractivity contribution in [1.29, 1.82) is 0 Å². The molecule has 1 amide bonds. The molecule has 3 rings (SSSR count). The van der Waals surface area contributed by atoms with Crippen molar-refractivity contribution in [2.75, 3.05) is 44.2 Å². The molecule has 0 bridgehead atoms. The van der Waals surface area contributed by atoms with Crippen LogP contribution in [0, 0.1) is 0 Å². The van der Waals surface area contributed by atoms with Crippen molar-refractivity contribution in [2.45, 2.75) is 19.0 Å². The van der Waals surface area contributed by atoms with Gasteiger partial charge in [-0.3, -0.25) is 14.6 Å². The Morgan fingerprint density at radius 3 is 2.56 bits per heavy atom. The lowest BCUT2D eigenvalue weighted by Crippen LogP contribution is -2.50. The Balaban J connectivity index is 1.39. The van der Waals surface area contributed by atoms with E-state index < -0.39 is 9.84 Å². The third kappa shape index (κ3) is 5.77. The number of amides is 1. The molecule has 0 radical (unpaired) electrons. The van der Waals surface area contributed by atoms with Crippen LogP contribution in [0.1, 0.15) is 12.0 Å². The van der Waals surface area contributed by atoms with E-state index in [1.807, 2.05) is 12.1 Å². The molecule has 1 N–H and O–H groups in total. The fraction of sp³-hybridized carbons (Fsp3) is 0.588. The number of carbonyl (C=O) groups excluding carboxylic acids is 1. The van der Waals surface area contributed by atoms with E-state index in [0.29, 0.717) is 13.0 Å². The van der Waals surface area contributed by atoms with Crippen LogP contribution >= 0.6 is 15.9 Å². The molecule has 1 aromatic carbocycles. The van der Waals surface area contributed by atoms with E-state index in [4.69, 9.17) is 0 Å². The minimum atomic E-state index is -2.95. The summed E-state index contributed by atoms with van der Waals surface area (Å²) in [6.45, 7) is 4.82. The van der Waals surface area contributed by atoms with Crippen LogP contribution in [0.5, 0.6) is 0 Å². The monoisotopic (exact) mass is 429 g/mol. The molecule has 2 aliphatic rings. The van der Waals surface area contributed by atoms with Crippen molar-refractivity contribution >= 4 is 31.7 Å². The first kappa shape index (κ1) is 18.8. The molecule has 0 aromatic heterocycles. The van der Waals surface area contributed by atoms with Gasteiger partial charge in [-0.15, -0.1) is 0 Å². The molecule has 1 aromatic rings. The maximum Gasteiger partial charge on any atom is 0.234 e. The summed E-state index contributed by atoms with van der Waals surface area (Å²) in [6, 6.07) is 8.12. The minimum absolute atomic E-state index is 0.0671. The topological polar surface area (TPSA) is 69.7 Å². The van der Waals surface area contributed by atoms with Crippen molar-refractivity contribution in [3.8, 4) is 0 Å². The molecule has 8 heteroatoms. The first-order chi connectivity index (χ1) is 11.9. The summed E-state index contributed by atoms with van der Waals surface area (Å²) in [6.07, 6.45) is 0.536. The number of rotatable bonds is 5. The van der Waals surface area contributed by atoms with Crippen LogP contribution in [0.25, 0.3) is 0 Å². The Kier molecular flexibility index (Phi) is 6.14. The van der Waals surface area contributed by atoms with E-state index in [1.165, 1.54) is 5.56 Å². The Bertz CT molecular complexity index is 718. The Hall–Kier alpha value is -0.960. The summed E-state index contributed by atoms with van der Waals surface area (Å²) in [5.74, 6) is 0.202. The summed E-state index contributed by atoms with van der Waals surface area (Å²) in [7, 11) is -2.95. The van der Waals surface area contributed by atoms with Gasteiger partial charge in [0.1, 0.15) is 0 Å². The quantitative estimate of drug-likeness (QED) is 0.751. The van der Waals surface area contributed by atoms with Crippen molar-refractivity contribution < 1.29 is 13.2 Å². The maximum absolute atomic E-state index is 12.1. The van der Waals surface area contributed by atoms with E-state index in [-0.39, 0.29) is 23.5 Å². The normalized spacial score (nSPS) is 24.3. The van der Waals surface area contributed by atoms with Gasteiger partial charge in [0.15, 0.2) is 9.84 Å². The summed E-state index contributed by atoms with van der Waals surface area (Å²) in [5.41, 5.74) is 1.28. The molecule has 2 fully saturated rings. The van der Waals surface area contributed by atoms with Crippen LogP contribution < -0.4 is 5.32 Å². The molecular formula is C17H24BrN3O3S. The predicted molar refractivity (Wildman–Crippen MR) is 101 cm³/mol. The van der Waals surface area contributed by atoms with Gasteiger partial charge < -0.3 is 5.32 Å². The van der Waals surface area contributed by atoms with Gasteiger partial charge in [-0.05, 0) is 24.1 Å². The number of benzene rings is 1. The molecule has 0 saturated carbocycles. The second-order valence-corrected chi connectivity index (χ2v) is 9.99. The minimum Gasteiger partial charge on any atom is -0.351 e. The number of nitrogens with one attached hydrogen (secondary N) is 1. The number of carbonyl (C=O) groups is 1. The van der Waals surface area contributed by atoms with Gasteiger partial charge in [0.25, 0.3) is 0 Å². The van der Waals surface area contributed by atoms with Gasteiger partial charge in [-0.1, -0.05) is 28.1 Å². The van der Waals surface area contributed by atoms with E-state index in [1.54, 1.807) is 0 Å². The number of hydrogen-bond acceptors (Lipinski definition) is 5. The highest BCUT2D eigenvalue weighted by Crippen LogP contribution is 2.15. The summed E-state index contributed by atoms with van der Waals surface area (Å²) in [5, 5.41) is 2.86. The van der Waals surface area contributed by atoms with E-state index in [0.717, 1.165) is 37.2 Å². The number of piperazine rings is 1. The zero-order chi connectivity index (χ0) is 17.9. The molecule has 138 valence electrons. The van der Waals surface area contributed by atoms with E-state index in [9.17, 15) is 13.2 Å². The Morgan fingerprint density at radius 2 is 1.92 bits per heavy atom. The standard InChI is InChI=1S/C17H24BrN3O3S/c18-15-3-1-2-14(10-15)11-20-5-7-21(8-6-20)12-17(22)19-16-4-9-25(23,24)13-16/h1-3,10,16H,4-9,11-13H2,(H,19,22)/t16-/m1/s1. The van der Waals surface area contributed by atoms with Crippen LogP contribution in [0.4, 0.5) is 0 Å². The van der Waals surface area contributed by atoms with Gasteiger partial charge in [-0.25, -0.2) is 8.42 Å². The summed E-state index contributed by atoms with van der Waals surface area (Å²) < 4.78 is 24.0. The average molecular weight is 430 g/mol. The van der Waals surface area contributed by atoms with Gasteiger partial charge in [0.2, 0.25) is 5.91 Å². The summed E-state index contributed by atoms with van der Waals surface area (Å²) in [4.78, 5) is 16.6. The van der Waals surface area contributed by atoms with Crippen molar-refractivity contribution in [3.05, 3.63) is 34.3 Å². The second kappa shape index (κ2) is 8.16. The largest absolute Gasteiger partial charge is 0.351 e. The molecule has 6 nitrogen and oxygen atoms in total. The highest BCUT2D eigenvalue weighted by Gasteiger charge is 2.29. The first-order valence-electron chi connectivity index (χ1n) is 8.58. The average Bonchev–Trinajstić information content (AvgIpc) is 2.88. The Morgan fingerprint density at radius 1 is 1.20 bits per heavy atom. The predicted octanol–water partition coefficient (Wildman–Crippen LogP) is 0.870. The van der Waals surface area contributed by atoms with Crippen LogP contribution in [-0.2, 0) is 21.2 Å². The van der Waals surface area contributed by atoms with E-state index >= 15 is 0 Å². The Labute approximate surface area is 157 Å². The van der Waals surface area contributed by atoms with Gasteiger partial charge in [0, 0.05) is 43.2 Å². The summed E-state index contributed by atoms with van der Waals surface area (Å²) >= 11 is 3.50. The fourth-order valence-electron chi connectivity index (χ4n) is 3.38. The maximum atomic E-state index is 12.1. The zero-order valence-electron chi connectivity index (χ0n) is 14.2. The zero-order valence-corrected chi connectivity index (χ0v) is 16.6. The lowest BCUT2D eigenvalue weighted by molar-refractivity contribution is -0.123. The highest BCUT2D eigenvalue weighted by atomic mass is 79.9. The lowest BCUT2D eigenvalue weighted by atomic mass is 10.2. The number of sulfone groups is 1. The molecule has 0 spiro atoms. The molecule has 2 saturated heterocycles. The number of halogens is 1. The smallest absolute Gasteiger partial charge is 0.234 e. The third-order valence-corrected chi connectivity index (χ3v) is 6.99. The lowest BCUT2D eigenvalue weighted by Gasteiger charge is -2.34. The van der Waals surface area contributed by atoms with Crippen LogP contribution in [0.3, 0.4) is 0 Å². The van der Waals surface area contributed by atoms with Crippen LogP contribution in [-0.4, -0.2) is 74.4 Å².